The molecule has 4 heteroatoms. The number of hydrogen-bond donors (Lipinski definition) is 0. The maximum absolute atomic E-state index is 9.12. The number of nitriles is 2. The third-order valence-corrected chi connectivity index (χ3v) is 5.19. The summed E-state index contributed by atoms with van der Waals surface area (Å²) in [6.07, 6.45) is 6.42. The van der Waals surface area contributed by atoms with Gasteiger partial charge < -0.3 is 9.80 Å². The first-order valence-electron chi connectivity index (χ1n) is 7.91. The molecule has 2 unspecified atom stereocenters. The molecule has 0 amide bonds. The van der Waals surface area contributed by atoms with Gasteiger partial charge in [0.25, 0.3) is 0 Å². The Balaban J connectivity index is 1.96. The highest BCUT2D eigenvalue weighted by Crippen LogP contribution is 2.37. The van der Waals surface area contributed by atoms with Gasteiger partial charge >= 0.3 is 0 Å². The van der Waals surface area contributed by atoms with Crippen molar-refractivity contribution in [1.29, 1.82) is 10.5 Å². The van der Waals surface area contributed by atoms with E-state index in [1.807, 2.05) is 4.90 Å². The van der Waals surface area contributed by atoms with Gasteiger partial charge in [0, 0.05) is 32.1 Å². The molecule has 110 valence electrons. The summed E-state index contributed by atoms with van der Waals surface area (Å²) in [5.41, 5.74) is 0. The van der Waals surface area contributed by atoms with E-state index >= 15 is 0 Å². The van der Waals surface area contributed by atoms with Crippen molar-refractivity contribution < 1.29 is 0 Å². The van der Waals surface area contributed by atoms with Crippen LogP contribution in [0.15, 0.2) is 0 Å². The van der Waals surface area contributed by atoms with Crippen LogP contribution < -0.4 is 0 Å². The monoisotopic (exact) mass is 274 g/mol. The molecule has 2 saturated heterocycles. The first kappa shape index (κ1) is 15.1. The van der Waals surface area contributed by atoms with Crippen molar-refractivity contribution in [3.63, 3.8) is 0 Å². The molecule has 2 rings (SSSR count). The van der Waals surface area contributed by atoms with Gasteiger partial charge in [-0.2, -0.15) is 10.5 Å². The van der Waals surface area contributed by atoms with Crippen molar-refractivity contribution >= 4 is 0 Å². The first-order chi connectivity index (χ1) is 9.65. The molecule has 2 aliphatic heterocycles. The van der Waals surface area contributed by atoms with Crippen molar-refractivity contribution in [3.05, 3.63) is 0 Å². The van der Waals surface area contributed by atoms with Crippen LogP contribution in [0, 0.1) is 40.5 Å². The molecule has 4 nitrogen and oxygen atoms in total. The van der Waals surface area contributed by atoms with Crippen LogP contribution >= 0.6 is 0 Å². The number of hydrogen-bond acceptors (Lipinski definition) is 4. The molecule has 0 aromatic heterocycles. The van der Waals surface area contributed by atoms with E-state index in [0.717, 1.165) is 32.5 Å². The minimum atomic E-state index is 0.523. The molecule has 0 aromatic rings. The lowest BCUT2D eigenvalue weighted by Crippen LogP contribution is -2.47. The fourth-order valence-electron chi connectivity index (χ4n) is 3.93. The molecule has 0 N–H and O–H groups in total. The summed E-state index contributed by atoms with van der Waals surface area (Å²) in [5, 5.41) is 18.1. The quantitative estimate of drug-likeness (QED) is 0.742. The molecular weight excluding hydrogens is 248 g/mol. The van der Waals surface area contributed by atoms with Crippen LogP contribution in [-0.4, -0.2) is 42.0 Å². The average molecular weight is 274 g/mol. The number of likely N-dealkylation sites (tertiary alicyclic amines) is 2. The second-order valence-corrected chi connectivity index (χ2v) is 6.59. The van der Waals surface area contributed by atoms with Gasteiger partial charge in [-0.15, -0.1) is 0 Å². The fourth-order valence-corrected chi connectivity index (χ4v) is 3.93. The Hall–Kier alpha value is -1.26. The van der Waals surface area contributed by atoms with E-state index in [2.05, 4.69) is 31.0 Å². The average Bonchev–Trinajstić information content (AvgIpc) is 2.47. The molecule has 2 fully saturated rings. The lowest BCUT2D eigenvalue weighted by molar-refractivity contribution is 0.0460. The minimum Gasteiger partial charge on any atom is -0.311 e. The molecular formula is C16H26N4. The van der Waals surface area contributed by atoms with Gasteiger partial charge in [-0.25, -0.2) is 0 Å². The standard InChI is InChI=1S/C16H26N4/c1-13(2)20-10-6-16(15(11-20)3-7-17)14-4-8-19(12-18)9-5-14/h13-16H,3-6,8-11H2,1-2H3. The Morgan fingerprint density at radius 3 is 2.35 bits per heavy atom. The maximum Gasteiger partial charge on any atom is 0.179 e. The highest BCUT2D eigenvalue weighted by Gasteiger charge is 2.36. The zero-order valence-electron chi connectivity index (χ0n) is 12.8. The molecule has 0 aliphatic carbocycles. The fraction of sp³-hybridized carbons (Fsp3) is 0.875. The van der Waals surface area contributed by atoms with Crippen molar-refractivity contribution in [2.24, 2.45) is 17.8 Å². The van der Waals surface area contributed by atoms with E-state index < -0.39 is 0 Å². The maximum atomic E-state index is 9.12. The summed E-state index contributed by atoms with van der Waals surface area (Å²) >= 11 is 0. The van der Waals surface area contributed by atoms with E-state index in [4.69, 9.17) is 10.5 Å². The summed E-state index contributed by atoms with van der Waals surface area (Å²) in [6.45, 7) is 8.55. The van der Waals surface area contributed by atoms with Crippen molar-refractivity contribution in [3.8, 4) is 12.3 Å². The Morgan fingerprint density at radius 1 is 1.10 bits per heavy atom. The van der Waals surface area contributed by atoms with E-state index in [1.165, 1.54) is 13.0 Å². The number of nitrogens with zero attached hydrogens (tertiary/aromatic N) is 4. The van der Waals surface area contributed by atoms with Gasteiger partial charge in [0.15, 0.2) is 6.19 Å². The molecule has 20 heavy (non-hydrogen) atoms. The van der Waals surface area contributed by atoms with Crippen molar-refractivity contribution in [2.45, 2.75) is 45.6 Å². The highest BCUT2D eigenvalue weighted by molar-refractivity contribution is 4.93. The van der Waals surface area contributed by atoms with Crippen LogP contribution in [-0.2, 0) is 0 Å². The number of piperidine rings is 2. The van der Waals surface area contributed by atoms with E-state index in [9.17, 15) is 0 Å². The molecule has 0 aromatic carbocycles. The molecule has 2 atom stereocenters. The minimum absolute atomic E-state index is 0.523. The molecule has 0 spiro atoms. The normalized spacial score (nSPS) is 29.1. The van der Waals surface area contributed by atoms with E-state index in [-0.39, 0.29) is 0 Å². The molecule has 2 heterocycles. The third kappa shape index (κ3) is 3.44. The zero-order chi connectivity index (χ0) is 14.5. The van der Waals surface area contributed by atoms with E-state index in [0.29, 0.717) is 30.2 Å². The topological polar surface area (TPSA) is 54.1 Å². The lowest BCUT2D eigenvalue weighted by atomic mass is 9.72. The molecule has 0 radical (unpaired) electrons. The summed E-state index contributed by atoms with van der Waals surface area (Å²) in [5.74, 6) is 1.92. The number of rotatable bonds is 3. The van der Waals surface area contributed by atoms with Crippen LogP contribution in [0.5, 0.6) is 0 Å². The largest absolute Gasteiger partial charge is 0.311 e. The van der Waals surface area contributed by atoms with Crippen molar-refractivity contribution in [1.82, 2.24) is 9.80 Å². The highest BCUT2D eigenvalue weighted by atomic mass is 15.2. The second-order valence-electron chi connectivity index (χ2n) is 6.59. The van der Waals surface area contributed by atoms with Crippen LogP contribution in [0.3, 0.4) is 0 Å². The predicted octanol–water partition coefficient (Wildman–Crippen LogP) is 2.44. The van der Waals surface area contributed by atoms with Crippen molar-refractivity contribution in [2.75, 3.05) is 26.2 Å². The second kappa shape index (κ2) is 6.95. The van der Waals surface area contributed by atoms with Crippen LogP contribution in [0.4, 0.5) is 0 Å². The summed E-state index contributed by atoms with van der Waals surface area (Å²) in [6, 6.07) is 2.98. The Morgan fingerprint density at radius 2 is 1.80 bits per heavy atom. The van der Waals surface area contributed by atoms with Gasteiger partial charge in [-0.1, -0.05) is 0 Å². The molecule has 2 aliphatic rings. The Kier molecular flexibility index (Phi) is 5.26. The molecule has 0 bridgehead atoms. The SMILES string of the molecule is CC(C)N1CCC(C2CCN(C#N)CC2)C(CC#N)C1. The van der Waals surface area contributed by atoms with Crippen LogP contribution in [0.1, 0.15) is 39.5 Å². The summed E-state index contributed by atoms with van der Waals surface area (Å²) in [4.78, 5) is 4.39. The third-order valence-electron chi connectivity index (χ3n) is 5.19. The van der Waals surface area contributed by atoms with Gasteiger partial charge in [-0.3, -0.25) is 0 Å². The molecule has 0 saturated carbocycles. The van der Waals surface area contributed by atoms with Gasteiger partial charge in [0.1, 0.15) is 0 Å². The zero-order valence-corrected chi connectivity index (χ0v) is 12.8. The van der Waals surface area contributed by atoms with Crippen LogP contribution in [0.25, 0.3) is 0 Å². The van der Waals surface area contributed by atoms with Gasteiger partial charge in [0.2, 0.25) is 0 Å². The smallest absolute Gasteiger partial charge is 0.179 e. The summed E-state index contributed by atoms with van der Waals surface area (Å²) in [7, 11) is 0. The predicted molar refractivity (Wildman–Crippen MR) is 78.4 cm³/mol. The lowest BCUT2D eigenvalue weighted by Gasteiger charge is -2.44. The van der Waals surface area contributed by atoms with Gasteiger partial charge in [-0.05, 0) is 57.4 Å². The van der Waals surface area contributed by atoms with E-state index in [1.54, 1.807) is 0 Å². The Bertz CT molecular complexity index is 384. The van der Waals surface area contributed by atoms with Gasteiger partial charge in [0.05, 0.1) is 6.07 Å². The Labute approximate surface area is 123 Å². The van der Waals surface area contributed by atoms with Crippen LogP contribution in [0.2, 0.25) is 0 Å². The summed E-state index contributed by atoms with van der Waals surface area (Å²) < 4.78 is 0. The first-order valence-corrected chi connectivity index (χ1v) is 7.91.